The van der Waals surface area contributed by atoms with Gasteiger partial charge in [-0.05, 0) is 24.3 Å². The Labute approximate surface area is 132 Å². The van der Waals surface area contributed by atoms with E-state index < -0.39 is 16.0 Å². The van der Waals surface area contributed by atoms with Crippen LogP contribution < -0.4 is 10.5 Å². The van der Waals surface area contributed by atoms with Gasteiger partial charge < -0.3 is 14.5 Å². The number of hydrogen-bond donors (Lipinski definition) is 2. The van der Waals surface area contributed by atoms with Crippen LogP contribution in [-0.4, -0.2) is 21.5 Å². The van der Waals surface area contributed by atoms with Crippen molar-refractivity contribution in [2.45, 2.75) is 11.4 Å². The Morgan fingerprint density at radius 1 is 1.45 bits per heavy atom. The van der Waals surface area contributed by atoms with Crippen molar-refractivity contribution in [3.05, 3.63) is 46.9 Å². The second-order valence-corrected chi connectivity index (χ2v) is 6.23. The molecule has 1 aromatic carbocycles. The average molecular weight is 345 g/mol. The molecular formula is C13H13ClN2O5S. The summed E-state index contributed by atoms with van der Waals surface area (Å²) in [5, 5.41) is 7.91. The Kier molecular flexibility index (Phi) is 4.74. The lowest BCUT2D eigenvalue weighted by atomic mass is 10.1. The van der Waals surface area contributed by atoms with Gasteiger partial charge in [0.2, 0.25) is 10.0 Å². The number of nitrogens with two attached hydrogens (primary N) is 1. The van der Waals surface area contributed by atoms with Gasteiger partial charge in [-0.3, -0.25) is 0 Å². The maximum atomic E-state index is 11.8. The van der Waals surface area contributed by atoms with E-state index >= 15 is 0 Å². The number of esters is 1. The predicted molar refractivity (Wildman–Crippen MR) is 80.2 cm³/mol. The van der Waals surface area contributed by atoms with Crippen molar-refractivity contribution in [1.29, 1.82) is 0 Å². The number of furan rings is 1. The number of primary sulfonamides is 1. The highest BCUT2D eigenvalue weighted by molar-refractivity contribution is 7.89. The van der Waals surface area contributed by atoms with Crippen LogP contribution in [-0.2, 0) is 21.3 Å². The molecule has 0 aliphatic rings. The quantitative estimate of drug-likeness (QED) is 0.802. The second-order valence-electron chi connectivity index (χ2n) is 4.30. The van der Waals surface area contributed by atoms with Crippen molar-refractivity contribution in [2.24, 2.45) is 5.14 Å². The molecule has 0 aliphatic heterocycles. The molecule has 0 spiro atoms. The van der Waals surface area contributed by atoms with Crippen molar-refractivity contribution in [2.75, 3.05) is 12.4 Å². The first-order chi connectivity index (χ1) is 10.3. The first-order valence-electron chi connectivity index (χ1n) is 6.04. The molecule has 3 N–H and O–H groups in total. The van der Waals surface area contributed by atoms with Gasteiger partial charge in [-0.15, -0.1) is 0 Å². The van der Waals surface area contributed by atoms with Crippen LogP contribution in [0.2, 0.25) is 5.02 Å². The van der Waals surface area contributed by atoms with Gasteiger partial charge in [0.25, 0.3) is 0 Å². The number of ether oxygens (including phenoxy) is 1. The van der Waals surface area contributed by atoms with Crippen LogP contribution in [0.3, 0.4) is 0 Å². The molecule has 0 saturated carbocycles. The van der Waals surface area contributed by atoms with E-state index in [4.69, 9.17) is 21.2 Å². The molecule has 7 nitrogen and oxygen atoms in total. The van der Waals surface area contributed by atoms with Crippen LogP contribution in [0.4, 0.5) is 5.69 Å². The van der Waals surface area contributed by atoms with E-state index in [1.165, 1.54) is 19.4 Å². The summed E-state index contributed by atoms with van der Waals surface area (Å²) in [5.41, 5.74) is 0.308. The number of nitrogens with one attached hydrogen (secondary N) is 1. The number of carbonyl (C=O) groups is 1. The smallest absolute Gasteiger partial charge is 0.340 e. The second kappa shape index (κ2) is 6.39. The van der Waals surface area contributed by atoms with Gasteiger partial charge in [-0.25, -0.2) is 18.4 Å². The molecular weight excluding hydrogens is 332 g/mol. The third-order valence-electron chi connectivity index (χ3n) is 2.82. The van der Waals surface area contributed by atoms with E-state index in [2.05, 4.69) is 10.1 Å². The molecule has 2 rings (SSSR count). The van der Waals surface area contributed by atoms with E-state index in [0.717, 1.165) is 6.07 Å². The Bertz CT molecular complexity index is 787. The molecule has 0 fully saturated rings. The largest absolute Gasteiger partial charge is 0.467 e. The van der Waals surface area contributed by atoms with Gasteiger partial charge in [0.1, 0.15) is 10.7 Å². The molecule has 0 saturated heterocycles. The minimum atomic E-state index is -4.06. The van der Waals surface area contributed by atoms with Crippen molar-refractivity contribution >= 4 is 33.3 Å². The fourth-order valence-corrected chi connectivity index (χ4v) is 2.89. The summed E-state index contributed by atoms with van der Waals surface area (Å²) >= 11 is 5.92. The van der Waals surface area contributed by atoms with Gasteiger partial charge in [0, 0.05) is 0 Å². The summed E-state index contributed by atoms with van der Waals surface area (Å²) in [6, 6.07) is 5.84. The molecule has 0 bridgehead atoms. The third kappa shape index (κ3) is 3.59. The number of methoxy groups -OCH3 is 1. The summed E-state index contributed by atoms with van der Waals surface area (Å²) in [6.45, 7) is 0.280. The molecule has 1 heterocycles. The first kappa shape index (κ1) is 16.3. The lowest BCUT2D eigenvalue weighted by Crippen LogP contribution is -2.15. The van der Waals surface area contributed by atoms with Gasteiger partial charge >= 0.3 is 5.97 Å². The topological polar surface area (TPSA) is 112 Å². The third-order valence-corrected chi connectivity index (χ3v) is 4.19. The Balaban J connectivity index is 2.43. The van der Waals surface area contributed by atoms with Gasteiger partial charge in [0.15, 0.2) is 0 Å². The number of hydrogen-bond acceptors (Lipinski definition) is 6. The molecule has 0 amide bonds. The Hall–Kier alpha value is -2.03. The lowest BCUT2D eigenvalue weighted by molar-refractivity contribution is 0.0601. The molecule has 2 aromatic rings. The highest BCUT2D eigenvalue weighted by atomic mass is 35.5. The molecule has 9 heteroatoms. The highest BCUT2D eigenvalue weighted by Crippen LogP contribution is 2.29. The standard InChI is InChI=1S/C13H13ClN2O5S/c1-20-13(17)9-5-12(22(15,18)19)10(14)6-11(9)16-7-8-3-2-4-21-8/h2-6,16H,7H2,1H3,(H2,15,18,19). The molecule has 0 aliphatic carbocycles. The van der Waals surface area contributed by atoms with Gasteiger partial charge in [0.05, 0.1) is 36.2 Å². The van der Waals surface area contributed by atoms with Crippen molar-refractivity contribution < 1.29 is 22.4 Å². The highest BCUT2D eigenvalue weighted by Gasteiger charge is 2.21. The van der Waals surface area contributed by atoms with Crippen molar-refractivity contribution in [1.82, 2.24) is 0 Å². The zero-order valence-corrected chi connectivity index (χ0v) is 13.1. The summed E-state index contributed by atoms with van der Waals surface area (Å²) in [4.78, 5) is 11.5. The van der Waals surface area contributed by atoms with Crippen LogP contribution >= 0.6 is 11.6 Å². The SMILES string of the molecule is COC(=O)c1cc(S(N)(=O)=O)c(Cl)cc1NCc1ccco1. The molecule has 22 heavy (non-hydrogen) atoms. The molecule has 0 atom stereocenters. The number of sulfonamides is 1. The fourth-order valence-electron chi connectivity index (χ4n) is 1.79. The molecule has 118 valence electrons. The lowest BCUT2D eigenvalue weighted by Gasteiger charge is -2.12. The number of carbonyl (C=O) groups excluding carboxylic acids is 1. The predicted octanol–water partition coefficient (Wildman–Crippen LogP) is 1.98. The zero-order chi connectivity index (χ0) is 16.3. The maximum Gasteiger partial charge on any atom is 0.340 e. The number of rotatable bonds is 5. The maximum absolute atomic E-state index is 11.8. The summed E-state index contributed by atoms with van der Waals surface area (Å²) in [5.74, 6) is -0.0917. The summed E-state index contributed by atoms with van der Waals surface area (Å²) in [6.07, 6.45) is 1.51. The van der Waals surface area contributed by atoms with E-state index in [9.17, 15) is 13.2 Å². The van der Waals surface area contributed by atoms with Crippen LogP contribution in [0.15, 0.2) is 39.8 Å². The van der Waals surface area contributed by atoms with Crippen molar-refractivity contribution in [3.63, 3.8) is 0 Å². The van der Waals surface area contributed by atoms with Crippen molar-refractivity contribution in [3.8, 4) is 0 Å². The van der Waals surface area contributed by atoms with E-state index in [1.807, 2.05) is 0 Å². The van der Waals surface area contributed by atoms with Crippen LogP contribution in [0, 0.1) is 0 Å². The van der Waals surface area contributed by atoms with E-state index in [0.29, 0.717) is 11.4 Å². The Morgan fingerprint density at radius 3 is 2.73 bits per heavy atom. The normalized spacial score (nSPS) is 11.2. The average Bonchev–Trinajstić information content (AvgIpc) is 2.96. The van der Waals surface area contributed by atoms with Crippen LogP contribution in [0.1, 0.15) is 16.1 Å². The number of benzene rings is 1. The minimum Gasteiger partial charge on any atom is -0.467 e. The van der Waals surface area contributed by atoms with Crippen LogP contribution in [0.25, 0.3) is 0 Å². The first-order valence-corrected chi connectivity index (χ1v) is 7.96. The molecule has 1 aromatic heterocycles. The molecule has 0 radical (unpaired) electrons. The number of anilines is 1. The fraction of sp³-hybridized carbons (Fsp3) is 0.154. The van der Waals surface area contributed by atoms with E-state index in [1.54, 1.807) is 12.1 Å². The van der Waals surface area contributed by atoms with E-state index in [-0.39, 0.29) is 22.0 Å². The molecule has 0 unspecified atom stereocenters. The summed E-state index contributed by atoms with van der Waals surface area (Å²) in [7, 11) is -2.87. The summed E-state index contributed by atoms with van der Waals surface area (Å²) < 4.78 is 32.8. The number of halogens is 1. The zero-order valence-electron chi connectivity index (χ0n) is 11.5. The minimum absolute atomic E-state index is 0.00230. The van der Waals surface area contributed by atoms with Gasteiger partial charge in [-0.2, -0.15) is 0 Å². The Morgan fingerprint density at radius 2 is 2.18 bits per heavy atom. The van der Waals surface area contributed by atoms with Crippen LogP contribution in [0.5, 0.6) is 0 Å². The monoisotopic (exact) mass is 344 g/mol. The van der Waals surface area contributed by atoms with Gasteiger partial charge in [-0.1, -0.05) is 11.6 Å².